The molecule has 2 unspecified atom stereocenters. The molecule has 0 spiro atoms. The van der Waals surface area contributed by atoms with Gasteiger partial charge >= 0.3 is 5.97 Å². The van der Waals surface area contributed by atoms with Crippen LogP contribution in [0.15, 0.2) is 24.3 Å². The van der Waals surface area contributed by atoms with E-state index >= 15 is 0 Å². The third kappa shape index (κ3) is 3.04. The summed E-state index contributed by atoms with van der Waals surface area (Å²) in [5.74, 6) is -0.0115. The summed E-state index contributed by atoms with van der Waals surface area (Å²) in [6, 6.07) is 0. The highest BCUT2D eigenvalue weighted by molar-refractivity contribution is 5.76. The lowest BCUT2D eigenvalue weighted by atomic mass is 9.78. The third-order valence-corrected chi connectivity index (χ3v) is 4.33. The van der Waals surface area contributed by atoms with Gasteiger partial charge in [-0.05, 0) is 45.4 Å². The molecule has 2 atom stereocenters. The van der Waals surface area contributed by atoms with Crippen molar-refractivity contribution >= 4 is 5.97 Å². The average molecular weight is 248 g/mol. The molecule has 0 heterocycles. The van der Waals surface area contributed by atoms with Crippen LogP contribution in [0.25, 0.3) is 0 Å². The molecule has 0 radical (unpaired) electrons. The van der Waals surface area contributed by atoms with Crippen molar-refractivity contribution in [2.75, 3.05) is 6.61 Å². The topological polar surface area (TPSA) is 26.3 Å². The fraction of sp³-hybridized carbons (Fsp3) is 0.688. The van der Waals surface area contributed by atoms with Gasteiger partial charge in [0.2, 0.25) is 0 Å². The molecule has 2 nitrogen and oxygen atoms in total. The van der Waals surface area contributed by atoms with E-state index in [0.29, 0.717) is 6.61 Å². The van der Waals surface area contributed by atoms with Gasteiger partial charge in [-0.25, -0.2) is 0 Å². The van der Waals surface area contributed by atoms with Gasteiger partial charge in [-0.15, -0.1) is 0 Å². The summed E-state index contributed by atoms with van der Waals surface area (Å²) in [6.07, 6.45) is 14.7. The lowest BCUT2D eigenvalue weighted by Gasteiger charge is -2.33. The molecule has 2 heteroatoms. The van der Waals surface area contributed by atoms with Gasteiger partial charge in [0.15, 0.2) is 0 Å². The zero-order valence-corrected chi connectivity index (χ0v) is 11.6. The quantitative estimate of drug-likeness (QED) is 0.557. The van der Waals surface area contributed by atoms with Crippen LogP contribution in [0, 0.1) is 10.8 Å². The van der Waals surface area contributed by atoms with Crippen LogP contribution in [-0.2, 0) is 9.53 Å². The Bertz CT molecular complexity index is 369. The second kappa shape index (κ2) is 5.29. The van der Waals surface area contributed by atoms with E-state index in [1.165, 1.54) is 0 Å². The Hall–Kier alpha value is -1.05. The number of ether oxygens (including phenoxy) is 1. The van der Waals surface area contributed by atoms with Gasteiger partial charge in [0, 0.05) is 5.41 Å². The van der Waals surface area contributed by atoms with Gasteiger partial charge in [0.1, 0.15) is 0 Å². The monoisotopic (exact) mass is 248 g/mol. The Morgan fingerprint density at radius 1 is 1.06 bits per heavy atom. The van der Waals surface area contributed by atoms with Crippen LogP contribution in [0.4, 0.5) is 0 Å². The predicted octanol–water partition coefficient (Wildman–Crippen LogP) is 4.02. The minimum atomic E-state index is -0.296. The maximum absolute atomic E-state index is 12.2. The zero-order chi connectivity index (χ0) is 13.1. The standard InChI is InChI=1S/C16H24O2/c1-15(9-5-3-6-10-15)13-18-14(17)16(2)11-7-4-8-12-16/h3-5,7H,6,8-13H2,1-2H3. The molecule has 0 aromatic heterocycles. The van der Waals surface area contributed by atoms with Crippen molar-refractivity contribution in [3.8, 4) is 0 Å². The van der Waals surface area contributed by atoms with E-state index in [1.54, 1.807) is 0 Å². The molecule has 0 saturated heterocycles. The van der Waals surface area contributed by atoms with Crippen molar-refractivity contribution in [1.29, 1.82) is 0 Å². The summed E-state index contributed by atoms with van der Waals surface area (Å²) >= 11 is 0. The van der Waals surface area contributed by atoms with E-state index in [4.69, 9.17) is 4.74 Å². The molecule has 0 aromatic carbocycles. The lowest BCUT2D eigenvalue weighted by Crippen LogP contribution is -2.34. The van der Waals surface area contributed by atoms with Gasteiger partial charge in [0.25, 0.3) is 0 Å². The van der Waals surface area contributed by atoms with Crippen molar-refractivity contribution in [2.45, 2.75) is 52.4 Å². The first kappa shape index (κ1) is 13.4. The van der Waals surface area contributed by atoms with Gasteiger partial charge in [-0.2, -0.15) is 0 Å². The van der Waals surface area contributed by atoms with Gasteiger partial charge in [0.05, 0.1) is 12.0 Å². The van der Waals surface area contributed by atoms with Crippen LogP contribution >= 0.6 is 0 Å². The minimum absolute atomic E-state index is 0.0115. The van der Waals surface area contributed by atoms with E-state index in [0.717, 1.165) is 38.5 Å². The van der Waals surface area contributed by atoms with E-state index in [1.807, 2.05) is 6.92 Å². The lowest BCUT2D eigenvalue weighted by molar-refractivity contribution is -0.159. The van der Waals surface area contributed by atoms with Crippen molar-refractivity contribution < 1.29 is 9.53 Å². The first-order valence-electron chi connectivity index (χ1n) is 7.01. The van der Waals surface area contributed by atoms with E-state index in [2.05, 4.69) is 31.2 Å². The van der Waals surface area contributed by atoms with Gasteiger partial charge in [-0.1, -0.05) is 31.2 Å². The molecule has 0 aromatic rings. The van der Waals surface area contributed by atoms with Crippen LogP contribution in [-0.4, -0.2) is 12.6 Å². The highest BCUT2D eigenvalue weighted by Crippen LogP contribution is 2.36. The maximum atomic E-state index is 12.2. The maximum Gasteiger partial charge on any atom is 0.312 e. The Morgan fingerprint density at radius 2 is 1.72 bits per heavy atom. The largest absolute Gasteiger partial charge is 0.465 e. The summed E-state index contributed by atoms with van der Waals surface area (Å²) in [6.45, 7) is 4.81. The highest BCUT2D eigenvalue weighted by atomic mass is 16.5. The number of hydrogen-bond donors (Lipinski definition) is 0. The Kier molecular flexibility index (Phi) is 3.94. The SMILES string of the molecule is CC1(COC(=O)C2(C)CC=CCC2)CC=CCC1. The Labute approximate surface area is 110 Å². The summed E-state index contributed by atoms with van der Waals surface area (Å²) in [5.41, 5.74) is -0.152. The van der Waals surface area contributed by atoms with E-state index < -0.39 is 0 Å². The Morgan fingerprint density at radius 3 is 2.28 bits per heavy atom. The van der Waals surface area contributed by atoms with Crippen LogP contribution in [0.2, 0.25) is 0 Å². The first-order valence-corrected chi connectivity index (χ1v) is 7.01. The second-order valence-electron chi connectivity index (χ2n) is 6.38. The number of carbonyl (C=O) groups excluding carboxylic acids is 1. The number of allylic oxidation sites excluding steroid dienone is 4. The third-order valence-electron chi connectivity index (χ3n) is 4.33. The van der Waals surface area contributed by atoms with E-state index in [9.17, 15) is 4.79 Å². The number of rotatable bonds is 3. The first-order chi connectivity index (χ1) is 8.54. The summed E-state index contributed by atoms with van der Waals surface area (Å²) < 4.78 is 5.62. The zero-order valence-electron chi connectivity index (χ0n) is 11.6. The molecule has 2 rings (SSSR count). The van der Waals surface area contributed by atoms with Crippen molar-refractivity contribution in [2.24, 2.45) is 10.8 Å². The van der Waals surface area contributed by atoms with Crippen molar-refractivity contribution in [3.05, 3.63) is 24.3 Å². The minimum Gasteiger partial charge on any atom is -0.465 e. The second-order valence-corrected chi connectivity index (χ2v) is 6.38. The molecule has 0 N–H and O–H groups in total. The molecular weight excluding hydrogens is 224 g/mol. The molecule has 0 fully saturated rings. The number of hydrogen-bond acceptors (Lipinski definition) is 2. The molecule has 100 valence electrons. The van der Waals surface area contributed by atoms with Crippen LogP contribution in [0.3, 0.4) is 0 Å². The Balaban J connectivity index is 1.88. The molecular formula is C16H24O2. The fourth-order valence-electron chi connectivity index (χ4n) is 2.72. The number of esters is 1. The summed E-state index contributed by atoms with van der Waals surface area (Å²) in [4.78, 5) is 12.2. The molecule has 2 aliphatic carbocycles. The predicted molar refractivity (Wildman–Crippen MR) is 73.2 cm³/mol. The summed E-state index contributed by atoms with van der Waals surface area (Å²) in [5, 5.41) is 0. The van der Waals surface area contributed by atoms with Gasteiger partial charge < -0.3 is 4.74 Å². The average Bonchev–Trinajstić information content (AvgIpc) is 2.38. The highest BCUT2D eigenvalue weighted by Gasteiger charge is 2.36. The van der Waals surface area contributed by atoms with Crippen LogP contribution in [0.5, 0.6) is 0 Å². The molecule has 2 aliphatic rings. The smallest absolute Gasteiger partial charge is 0.312 e. The molecule has 18 heavy (non-hydrogen) atoms. The van der Waals surface area contributed by atoms with E-state index in [-0.39, 0.29) is 16.8 Å². The van der Waals surface area contributed by atoms with Crippen LogP contribution < -0.4 is 0 Å². The summed E-state index contributed by atoms with van der Waals surface area (Å²) in [7, 11) is 0. The fourth-order valence-corrected chi connectivity index (χ4v) is 2.72. The molecule has 0 bridgehead atoms. The van der Waals surface area contributed by atoms with Crippen molar-refractivity contribution in [1.82, 2.24) is 0 Å². The normalized spacial score (nSPS) is 35.4. The number of carbonyl (C=O) groups is 1. The van der Waals surface area contributed by atoms with Crippen LogP contribution in [0.1, 0.15) is 52.4 Å². The van der Waals surface area contributed by atoms with Gasteiger partial charge in [-0.3, -0.25) is 4.79 Å². The molecule has 0 saturated carbocycles. The van der Waals surface area contributed by atoms with Crippen molar-refractivity contribution in [3.63, 3.8) is 0 Å². The molecule has 0 aliphatic heterocycles. The molecule has 0 amide bonds.